The maximum atomic E-state index is 11.7. The van der Waals surface area contributed by atoms with Crippen LogP contribution in [0.5, 0.6) is 0 Å². The summed E-state index contributed by atoms with van der Waals surface area (Å²) in [7, 11) is 0. The third-order valence-corrected chi connectivity index (χ3v) is 1.23. The van der Waals surface area contributed by atoms with Crippen LogP contribution in [-0.2, 0) is 0 Å². The lowest BCUT2D eigenvalue weighted by molar-refractivity contribution is 0.407. The molecule has 0 aliphatic heterocycles. The van der Waals surface area contributed by atoms with Gasteiger partial charge in [0.2, 0.25) is 0 Å². The van der Waals surface area contributed by atoms with Crippen LogP contribution < -0.4 is 5.73 Å². The summed E-state index contributed by atoms with van der Waals surface area (Å²) in [5, 5.41) is 0. The lowest BCUT2D eigenvalue weighted by Crippen LogP contribution is -2.43. The molecule has 0 aliphatic rings. The van der Waals surface area contributed by atoms with E-state index in [1.165, 1.54) is 0 Å². The van der Waals surface area contributed by atoms with Crippen molar-refractivity contribution in [3.63, 3.8) is 0 Å². The summed E-state index contributed by atoms with van der Waals surface area (Å²) in [6, 6.07) is 0. The topological polar surface area (TPSA) is 26.0 Å². The van der Waals surface area contributed by atoms with E-state index in [2.05, 4.69) is 0 Å². The molecule has 1 nitrogen and oxygen atoms in total. The van der Waals surface area contributed by atoms with Gasteiger partial charge in [-0.2, -0.15) is 0 Å². The molecule has 0 rings (SSSR count). The molecule has 0 aliphatic carbocycles. The first-order chi connectivity index (χ1) is 4.34. The molecule has 10 heavy (non-hydrogen) atoms. The average molecular weight is 154 g/mol. The van der Waals surface area contributed by atoms with Crippen molar-refractivity contribution < 1.29 is 12.9 Å². The molecule has 0 saturated carbocycles. The van der Waals surface area contributed by atoms with E-state index in [1.54, 1.807) is 13.8 Å². The highest BCUT2D eigenvalue weighted by atomic mass is 19.4. The fraction of sp³-hybridized carbons (Fsp3) is 1.00. The van der Waals surface area contributed by atoms with Gasteiger partial charge in [-0.15, -0.1) is 0 Å². The van der Waals surface area contributed by atoms with Crippen molar-refractivity contribution in [2.24, 2.45) is 11.7 Å². The Kier molecular flexibility index (Phi) is 3.22. The molecule has 0 aromatic heterocycles. The van der Waals surface area contributed by atoms with Crippen LogP contribution in [0.1, 0.15) is 20.3 Å². The highest BCUT2D eigenvalue weighted by Crippen LogP contribution is 2.17. The Morgan fingerprint density at radius 3 is 1.80 bits per heavy atom. The molecule has 0 spiro atoms. The fourth-order valence-corrected chi connectivity index (χ4v) is 0.699. The smallest absolute Gasteiger partial charge is 0.448 e. The minimum Gasteiger partial charge on any atom is -0.448 e. The highest BCUT2D eigenvalue weighted by Gasteiger charge is 2.31. The van der Waals surface area contributed by atoms with E-state index in [0.29, 0.717) is 0 Å². The second kappa shape index (κ2) is 3.28. The Morgan fingerprint density at radius 2 is 1.70 bits per heavy atom. The van der Waals surface area contributed by atoms with Gasteiger partial charge in [-0.1, -0.05) is 20.3 Å². The maximum Gasteiger partial charge on any atom is 0.494 e. The normalized spacial score (nSPS) is 15.9. The number of nitrogens with two attached hydrogens (primary N) is 1. The SMILES string of the molecule is CC(C)CC(N)[B-](F)(F)F. The van der Waals surface area contributed by atoms with Crippen LogP contribution in [0.25, 0.3) is 0 Å². The zero-order chi connectivity index (χ0) is 8.36. The van der Waals surface area contributed by atoms with E-state index < -0.39 is 12.9 Å². The van der Waals surface area contributed by atoms with Crippen LogP contribution in [0.2, 0.25) is 0 Å². The third-order valence-electron chi connectivity index (χ3n) is 1.23. The lowest BCUT2D eigenvalue weighted by Gasteiger charge is -2.23. The molecule has 0 amide bonds. The minimum atomic E-state index is -4.82. The first-order valence-corrected chi connectivity index (χ1v) is 3.29. The largest absolute Gasteiger partial charge is 0.494 e. The summed E-state index contributed by atoms with van der Waals surface area (Å²) in [4.78, 5) is 0. The Morgan fingerprint density at radius 1 is 1.30 bits per heavy atom. The van der Waals surface area contributed by atoms with Crippen LogP contribution in [0, 0.1) is 5.92 Å². The second-order valence-electron chi connectivity index (χ2n) is 2.92. The van der Waals surface area contributed by atoms with Crippen molar-refractivity contribution in [3.05, 3.63) is 0 Å². The van der Waals surface area contributed by atoms with E-state index in [1.807, 2.05) is 0 Å². The second-order valence-corrected chi connectivity index (χ2v) is 2.92. The molecule has 0 heterocycles. The van der Waals surface area contributed by atoms with E-state index in [4.69, 9.17) is 5.73 Å². The van der Waals surface area contributed by atoms with E-state index >= 15 is 0 Å². The quantitative estimate of drug-likeness (QED) is 0.615. The number of rotatable bonds is 3. The van der Waals surface area contributed by atoms with Crippen LogP contribution >= 0.6 is 0 Å². The summed E-state index contributed by atoms with van der Waals surface area (Å²) in [5.41, 5.74) is 4.85. The summed E-state index contributed by atoms with van der Waals surface area (Å²) in [6.07, 6.45) is 0.0312. The van der Waals surface area contributed by atoms with E-state index in [-0.39, 0.29) is 12.3 Å². The van der Waals surface area contributed by atoms with Gasteiger partial charge in [0.25, 0.3) is 0 Å². The zero-order valence-electron chi connectivity index (χ0n) is 6.15. The van der Waals surface area contributed by atoms with Crippen molar-refractivity contribution in [2.75, 3.05) is 0 Å². The van der Waals surface area contributed by atoms with Gasteiger partial charge in [0, 0.05) is 0 Å². The summed E-state index contributed by atoms with van der Waals surface area (Å²) >= 11 is 0. The van der Waals surface area contributed by atoms with Crippen LogP contribution in [0.3, 0.4) is 0 Å². The molecule has 0 saturated heterocycles. The van der Waals surface area contributed by atoms with Gasteiger partial charge in [-0.25, -0.2) is 0 Å². The predicted octanol–water partition coefficient (Wildman–Crippen LogP) is 1.75. The fourth-order valence-electron chi connectivity index (χ4n) is 0.699. The molecule has 2 N–H and O–H groups in total. The molecular weight excluding hydrogens is 142 g/mol. The molecule has 0 fully saturated rings. The Labute approximate surface area is 58.8 Å². The number of halogens is 3. The molecule has 0 aromatic rings. The van der Waals surface area contributed by atoms with Gasteiger partial charge >= 0.3 is 6.98 Å². The van der Waals surface area contributed by atoms with Gasteiger partial charge in [-0.3, -0.25) is 0 Å². The van der Waals surface area contributed by atoms with Crippen LogP contribution in [0.15, 0.2) is 0 Å². The Balaban J connectivity index is 3.73. The van der Waals surface area contributed by atoms with Crippen LogP contribution in [-0.4, -0.2) is 12.9 Å². The molecule has 1 unspecified atom stereocenters. The van der Waals surface area contributed by atoms with Gasteiger partial charge in [0.05, 0.1) is 0 Å². The summed E-state index contributed by atoms with van der Waals surface area (Å²) < 4.78 is 35.2. The molecule has 62 valence electrons. The van der Waals surface area contributed by atoms with Gasteiger partial charge in [-0.05, 0) is 11.9 Å². The Hall–Kier alpha value is -0.185. The van der Waals surface area contributed by atoms with E-state index in [0.717, 1.165) is 0 Å². The predicted molar refractivity (Wildman–Crippen MR) is 36.5 cm³/mol. The third kappa shape index (κ3) is 3.77. The van der Waals surface area contributed by atoms with Crippen molar-refractivity contribution in [2.45, 2.75) is 26.2 Å². The van der Waals surface area contributed by atoms with Gasteiger partial charge in [0.15, 0.2) is 0 Å². The number of hydrogen-bond acceptors (Lipinski definition) is 1. The molecule has 5 heteroatoms. The van der Waals surface area contributed by atoms with E-state index in [9.17, 15) is 12.9 Å². The van der Waals surface area contributed by atoms with Gasteiger partial charge < -0.3 is 18.7 Å². The monoisotopic (exact) mass is 154 g/mol. The summed E-state index contributed by atoms with van der Waals surface area (Å²) in [6.45, 7) is -1.38. The highest BCUT2D eigenvalue weighted by molar-refractivity contribution is 6.60. The first-order valence-electron chi connectivity index (χ1n) is 3.29. The molecule has 0 bridgehead atoms. The summed E-state index contributed by atoms with van der Waals surface area (Å²) in [5.74, 6) is -1.58. The number of hydrogen-bond donors (Lipinski definition) is 1. The molecular formula is C5H12BF3N-. The molecule has 0 aromatic carbocycles. The standard InChI is InChI=1S/C5H12BF3N/c1-4(2)3-5(10)6(7,8)9/h4-5H,3,10H2,1-2H3/q-1. The van der Waals surface area contributed by atoms with Crippen molar-refractivity contribution in [1.29, 1.82) is 0 Å². The van der Waals surface area contributed by atoms with Crippen molar-refractivity contribution in [1.82, 2.24) is 0 Å². The molecule has 0 radical (unpaired) electrons. The van der Waals surface area contributed by atoms with Crippen LogP contribution in [0.4, 0.5) is 12.9 Å². The zero-order valence-corrected chi connectivity index (χ0v) is 6.15. The van der Waals surface area contributed by atoms with Crippen molar-refractivity contribution >= 4 is 6.98 Å². The van der Waals surface area contributed by atoms with Crippen molar-refractivity contribution in [3.8, 4) is 0 Å². The first kappa shape index (κ1) is 9.81. The minimum absolute atomic E-state index is 0.0125. The Bertz CT molecular complexity index is 102. The lowest BCUT2D eigenvalue weighted by atomic mass is 9.76. The van der Waals surface area contributed by atoms with Gasteiger partial charge in [0.1, 0.15) is 0 Å². The molecule has 1 atom stereocenters. The average Bonchev–Trinajstić information content (AvgIpc) is 1.60. The maximum absolute atomic E-state index is 11.7.